The lowest BCUT2D eigenvalue weighted by atomic mass is 10.2. The lowest BCUT2D eigenvalue weighted by molar-refractivity contribution is 0.0468. The van der Waals surface area contributed by atoms with Crippen LogP contribution in [0.25, 0.3) is 0 Å². The number of halogens is 1. The summed E-state index contributed by atoms with van der Waals surface area (Å²) in [6.45, 7) is 2.16. The molecule has 7 heteroatoms. The van der Waals surface area contributed by atoms with Gasteiger partial charge in [0.25, 0.3) is 0 Å². The number of hydrogen-bond acceptors (Lipinski definition) is 6. The number of benzene rings is 1. The first-order valence-corrected chi connectivity index (χ1v) is 8.83. The van der Waals surface area contributed by atoms with E-state index in [0.29, 0.717) is 11.3 Å². The molecule has 0 aliphatic rings. The van der Waals surface area contributed by atoms with Gasteiger partial charge in [-0.3, -0.25) is 4.98 Å². The lowest BCUT2D eigenvalue weighted by Gasteiger charge is -2.03. The van der Waals surface area contributed by atoms with E-state index in [0.717, 1.165) is 15.3 Å². The molecule has 2 aromatic heterocycles. The summed E-state index contributed by atoms with van der Waals surface area (Å²) in [5.74, 6) is -0.426. The molecule has 0 spiro atoms. The second-order valence-corrected chi connectivity index (χ2v) is 6.88. The van der Waals surface area contributed by atoms with E-state index in [9.17, 15) is 4.79 Å². The quantitative estimate of drug-likeness (QED) is 0.624. The van der Waals surface area contributed by atoms with Crippen molar-refractivity contribution in [2.24, 2.45) is 0 Å². The summed E-state index contributed by atoms with van der Waals surface area (Å²) in [4.78, 5) is 20.3. The maximum atomic E-state index is 12.0. The summed E-state index contributed by atoms with van der Waals surface area (Å²) < 4.78 is 6.00. The average molecular weight is 404 g/mol. The van der Waals surface area contributed by atoms with E-state index in [4.69, 9.17) is 4.74 Å². The first kappa shape index (κ1) is 16.6. The van der Waals surface area contributed by atoms with Gasteiger partial charge in [0.15, 0.2) is 5.13 Å². The van der Waals surface area contributed by atoms with Gasteiger partial charge in [-0.25, -0.2) is 9.78 Å². The maximum Gasteiger partial charge on any atom is 0.340 e. The van der Waals surface area contributed by atoms with Crippen LogP contribution in [0.2, 0.25) is 0 Å². The topological polar surface area (TPSA) is 64.1 Å². The highest BCUT2D eigenvalue weighted by atomic mass is 79.9. The number of carbonyl (C=O) groups is 1. The number of pyridine rings is 1. The number of hydrogen-bond donors (Lipinski definition) is 1. The van der Waals surface area contributed by atoms with Gasteiger partial charge in [-0.1, -0.05) is 17.7 Å². The number of aryl methyl sites for hydroxylation is 1. The zero-order chi connectivity index (χ0) is 16.9. The van der Waals surface area contributed by atoms with Gasteiger partial charge in [-0.15, -0.1) is 11.3 Å². The third-order valence-corrected chi connectivity index (χ3v) is 4.39. The zero-order valence-corrected chi connectivity index (χ0v) is 15.2. The van der Waals surface area contributed by atoms with Crippen molar-refractivity contribution in [1.29, 1.82) is 0 Å². The smallest absolute Gasteiger partial charge is 0.340 e. The number of aromatic nitrogens is 2. The summed E-state index contributed by atoms with van der Waals surface area (Å²) in [6.07, 6.45) is 3.08. The van der Waals surface area contributed by atoms with Crippen LogP contribution >= 0.6 is 27.3 Å². The number of rotatable bonds is 5. The normalized spacial score (nSPS) is 10.4. The summed E-state index contributed by atoms with van der Waals surface area (Å²) in [5.41, 5.74) is 3.27. The van der Waals surface area contributed by atoms with Crippen LogP contribution in [0.4, 0.5) is 10.8 Å². The molecule has 24 heavy (non-hydrogen) atoms. The summed E-state index contributed by atoms with van der Waals surface area (Å²) in [5, 5.41) is 5.85. The van der Waals surface area contributed by atoms with E-state index >= 15 is 0 Å². The molecule has 0 saturated heterocycles. The Kier molecular flexibility index (Phi) is 5.22. The highest BCUT2D eigenvalue weighted by molar-refractivity contribution is 9.10. The van der Waals surface area contributed by atoms with Gasteiger partial charge in [0.2, 0.25) is 0 Å². The van der Waals surface area contributed by atoms with Crippen molar-refractivity contribution in [3.63, 3.8) is 0 Å². The molecule has 3 aromatic rings. The number of carbonyl (C=O) groups excluding carboxylic acids is 1. The number of nitrogens with one attached hydrogen (secondary N) is 1. The SMILES string of the molecule is Cc1ccc(Nc2nc(COC(=O)c3cncc(Br)c3)cs2)cc1. The molecule has 0 amide bonds. The van der Waals surface area contributed by atoms with Crippen LogP contribution in [0, 0.1) is 6.92 Å². The van der Waals surface area contributed by atoms with Gasteiger partial charge >= 0.3 is 5.97 Å². The van der Waals surface area contributed by atoms with Crippen LogP contribution in [-0.2, 0) is 11.3 Å². The molecule has 3 rings (SSSR count). The minimum atomic E-state index is -0.426. The fraction of sp³-hybridized carbons (Fsp3) is 0.118. The fourth-order valence-electron chi connectivity index (χ4n) is 1.94. The molecule has 0 aliphatic heterocycles. The largest absolute Gasteiger partial charge is 0.456 e. The zero-order valence-electron chi connectivity index (χ0n) is 12.8. The van der Waals surface area contributed by atoms with Crippen LogP contribution in [-0.4, -0.2) is 15.9 Å². The van der Waals surface area contributed by atoms with Gasteiger partial charge in [-0.05, 0) is 41.1 Å². The molecule has 0 aliphatic carbocycles. The van der Waals surface area contributed by atoms with E-state index < -0.39 is 5.97 Å². The van der Waals surface area contributed by atoms with Crippen molar-refractivity contribution in [3.8, 4) is 0 Å². The van der Waals surface area contributed by atoms with Crippen LogP contribution in [0.3, 0.4) is 0 Å². The Morgan fingerprint density at radius 2 is 2.08 bits per heavy atom. The van der Waals surface area contributed by atoms with Crippen LogP contribution in [0.5, 0.6) is 0 Å². The van der Waals surface area contributed by atoms with Gasteiger partial charge in [0.05, 0.1) is 11.3 Å². The van der Waals surface area contributed by atoms with Gasteiger partial charge in [-0.2, -0.15) is 0 Å². The van der Waals surface area contributed by atoms with Gasteiger partial charge < -0.3 is 10.1 Å². The molecule has 0 fully saturated rings. The molecule has 5 nitrogen and oxygen atoms in total. The van der Waals surface area contributed by atoms with Crippen molar-refractivity contribution in [1.82, 2.24) is 9.97 Å². The standard InChI is InChI=1S/C17H14BrN3O2S/c1-11-2-4-14(5-3-11)20-17-21-15(10-24-17)9-23-16(22)12-6-13(18)8-19-7-12/h2-8,10H,9H2,1H3,(H,20,21). The summed E-state index contributed by atoms with van der Waals surface area (Å²) in [6, 6.07) is 9.73. The number of anilines is 2. The Bertz CT molecular complexity index is 849. The van der Waals surface area contributed by atoms with Gasteiger partial charge in [0, 0.05) is 27.9 Å². The minimum absolute atomic E-state index is 0.122. The Labute approximate surface area is 151 Å². The third-order valence-electron chi connectivity index (χ3n) is 3.15. The lowest BCUT2D eigenvalue weighted by Crippen LogP contribution is -2.06. The van der Waals surface area contributed by atoms with Crippen molar-refractivity contribution in [2.75, 3.05) is 5.32 Å². The van der Waals surface area contributed by atoms with Crippen molar-refractivity contribution in [2.45, 2.75) is 13.5 Å². The molecular formula is C17H14BrN3O2S. The van der Waals surface area contributed by atoms with Crippen molar-refractivity contribution in [3.05, 3.63) is 69.4 Å². The molecule has 0 radical (unpaired) electrons. The average Bonchev–Trinajstić information content (AvgIpc) is 3.02. The minimum Gasteiger partial charge on any atom is -0.456 e. The van der Waals surface area contributed by atoms with Crippen molar-refractivity contribution >= 4 is 44.1 Å². The van der Waals surface area contributed by atoms with Crippen molar-refractivity contribution < 1.29 is 9.53 Å². The molecule has 2 heterocycles. The predicted molar refractivity (Wildman–Crippen MR) is 97.6 cm³/mol. The fourth-order valence-corrected chi connectivity index (χ4v) is 3.02. The Morgan fingerprint density at radius 1 is 1.29 bits per heavy atom. The summed E-state index contributed by atoms with van der Waals surface area (Å²) >= 11 is 4.74. The molecule has 0 unspecified atom stereocenters. The molecule has 0 saturated carbocycles. The van der Waals surface area contributed by atoms with Crippen LogP contribution in [0.1, 0.15) is 21.6 Å². The number of ether oxygens (including phenoxy) is 1. The Morgan fingerprint density at radius 3 is 2.83 bits per heavy atom. The highest BCUT2D eigenvalue weighted by Gasteiger charge is 2.10. The molecular weight excluding hydrogens is 390 g/mol. The van der Waals surface area contributed by atoms with E-state index in [-0.39, 0.29) is 6.61 Å². The summed E-state index contributed by atoms with van der Waals surface area (Å²) in [7, 11) is 0. The monoisotopic (exact) mass is 403 g/mol. The Hall–Kier alpha value is -2.25. The Balaban J connectivity index is 1.58. The molecule has 1 aromatic carbocycles. The van der Waals surface area contributed by atoms with E-state index in [2.05, 4.69) is 31.2 Å². The number of esters is 1. The predicted octanol–water partition coefficient (Wildman–Crippen LogP) is 4.71. The maximum absolute atomic E-state index is 12.0. The molecule has 1 N–H and O–H groups in total. The first-order chi connectivity index (χ1) is 11.6. The third kappa shape index (κ3) is 4.39. The van der Waals surface area contributed by atoms with E-state index in [1.165, 1.54) is 23.1 Å². The number of nitrogens with zero attached hydrogens (tertiary/aromatic N) is 2. The second kappa shape index (κ2) is 7.55. The second-order valence-electron chi connectivity index (χ2n) is 5.10. The van der Waals surface area contributed by atoms with E-state index in [1.807, 2.05) is 36.6 Å². The first-order valence-electron chi connectivity index (χ1n) is 7.16. The molecule has 0 atom stereocenters. The molecule has 0 bridgehead atoms. The molecule has 122 valence electrons. The highest BCUT2D eigenvalue weighted by Crippen LogP contribution is 2.22. The van der Waals surface area contributed by atoms with Crippen LogP contribution < -0.4 is 5.32 Å². The van der Waals surface area contributed by atoms with E-state index in [1.54, 1.807) is 12.3 Å². The van der Waals surface area contributed by atoms with Gasteiger partial charge in [0.1, 0.15) is 6.61 Å². The van der Waals surface area contributed by atoms with Crippen LogP contribution in [0.15, 0.2) is 52.6 Å². The number of thiazole rings is 1.